The van der Waals surface area contributed by atoms with Gasteiger partial charge in [0.15, 0.2) is 0 Å². The summed E-state index contributed by atoms with van der Waals surface area (Å²) in [5, 5.41) is 3.42. The SMILES string of the molecule is CCC1CN(Cc2cc(F)ccc2C)CCC1NC. The Kier molecular flexibility index (Phi) is 4.94. The van der Waals surface area contributed by atoms with Gasteiger partial charge in [-0.3, -0.25) is 4.90 Å². The number of nitrogens with zero attached hydrogens (tertiary/aromatic N) is 1. The summed E-state index contributed by atoms with van der Waals surface area (Å²) < 4.78 is 13.3. The fourth-order valence-electron chi connectivity index (χ4n) is 3.10. The maximum absolute atomic E-state index is 13.3. The van der Waals surface area contributed by atoms with E-state index < -0.39 is 0 Å². The molecule has 1 aromatic carbocycles. The molecule has 2 atom stereocenters. The standard InChI is InChI=1S/C16H25FN2/c1-4-13-10-19(8-7-16(13)18-3)11-14-9-15(17)6-5-12(14)2/h5-6,9,13,16,18H,4,7-8,10-11H2,1-3H3. The number of nitrogens with one attached hydrogen (secondary N) is 1. The van der Waals surface area contributed by atoms with Crippen molar-refractivity contribution < 1.29 is 4.39 Å². The maximum atomic E-state index is 13.3. The number of piperidine rings is 1. The van der Waals surface area contributed by atoms with Gasteiger partial charge in [-0.05, 0) is 56.1 Å². The zero-order valence-corrected chi connectivity index (χ0v) is 12.2. The van der Waals surface area contributed by atoms with Crippen molar-refractivity contribution in [3.63, 3.8) is 0 Å². The van der Waals surface area contributed by atoms with E-state index in [2.05, 4.69) is 31.1 Å². The first-order chi connectivity index (χ1) is 9.13. The van der Waals surface area contributed by atoms with Crippen LogP contribution in [0.1, 0.15) is 30.9 Å². The Morgan fingerprint density at radius 3 is 2.89 bits per heavy atom. The first-order valence-corrected chi connectivity index (χ1v) is 7.28. The van der Waals surface area contributed by atoms with Crippen molar-refractivity contribution in [3.05, 3.63) is 35.1 Å². The molecule has 1 aliphatic heterocycles. The molecule has 1 heterocycles. The number of hydrogen-bond acceptors (Lipinski definition) is 2. The maximum Gasteiger partial charge on any atom is 0.123 e. The van der Waals surface area contributed by atoms with Crippen LogP contribution < -0.4 is 5.32 Å². The van der Waals surface area contributed by atoms with Gasteiger partial charge in [-0.1, -0.05) is 19.4 Å². The Bertz CT molecular complexity index is 419. The lowest BCUT2D eigenvalue weighted by atomic mass is 9.89. The highest BCUT2D eigenvalue weighted by atomic mass is 19.1. The Balaban J connectivity index is 2.02. The van der Waals surface area contributed by atoms with Crippen LogP contribution in [0.4, 0.5) is 4.39 Å². The molecular weight excluding hydrogens is 239 g/mol. The van der Waals surface area contributed by atoms with E-state index in [9.17, 15) is 4.39 Å². The van der Waals surface area contributed by atoms with Crippen LogP contribution in [0, 0.1) is 18.7 Å². The fourth-order valence-corrected chi connectivity index (χ4v) is 3.10. The van der Waals surface area contributed by atoms with Crippen LogP contribution in [0.25, 0.3) is 0 Å². The minimum atomic E-state index is -0.127. The Morgan fingerprint density at radius 2 is 2.21 bits per heavy atom. The third-order valence-electron chi connectivity index (χ3n) is 4.42. The van der Waals surface area contributed by atoms with Gasteiger partial charge in [-0.2, -0.15) is 0 Å². The minimum Gasteiger partial charge on any atom is -0.317 e. The molecule has 0 spiro atoms. The highest BCUT2D eigenvalue weighted by Gasteiger charge is 2.26. The van der Waals surface area contributed by atoms with E-state index in [4.69, 9.17) is 0 Å². The van der Waals surface area contributed by atoms with Crippen molar-refractivity contribution in [1.82, 2.24) is 10.2 Å². The van der Waals surface area contributed by atoms with Gasteiger partial charge in [-0.25, -0.2) is 4.39 Å². The van der Waals surface area contributed by atoms with E-state index in [-0.39, 0.29) is 5.82 Å². The van der Waals surface area contributed by atoms with Gasteiger partial charge in [0.1, 0.15) is 5.82 Å². The van der Waals surface area contributed by atoms with Crippen LogP contribution in [-0.2, 0) is 6.54 Å². The van der Waals surface area contributed by atoms with Gasteiger partial charge >= 0.3 is 0 Å². The summed E-state index contributed by atoms with van der Waals surface area (Å²) in [6.45, 7) is 7.39. The first kappa shape index (κ1) is 14.5. The average Bonchev–Trinajstić information content (AvgIpc) is 2.42. The number of hydrogen-bond donors (Lipinski definition) is 1. The molecule has 1 fully saturated rings. The van der Waals surface area contributed by atoms with Crippen molar-refractivity contribution in [1.29, 1.82) is 0 Å². The van der Waals surface area contributed by atoms with Crippen LogP contribution in [0.15, 0.2) is 18.2 Å². The zero-order valence-electron chi connectivity index (χ0n) is 12.2. The second-order valence-corrected chi connectivity index (χ2v) is 5.66. The second-order valence-electron chi connectivity index (χ2n) is 5.66. The molecule has 1 N–H and O–H groups in total. The summed E-state index contributed by atoms with van der Waals surface area (Å²) in [5.74, 6) is 0.574. The smallest absolute Gasteiger partial charge is 0.123 e. The molecule has 1 aliphatic rings. The summed E-state index contributed by atoms with van der Waals surface area (Å²) in [6.07, 6.45) is 2.38. The van der Waals surface area contributed by atoms with E-state index >= 15 is 0 Å². The van der Waals surface area contributed by atoms with Gasteiger partial charge in [-0.15, -0.1) is 0 Å². The summed E-state index contributed by atoms with van der Waals surface area (Å²) in [4.78, 5) is 2.46. The largest absolute Gasteiger partial charge is 0.317 e. The lowest BCUT2D eigenvalue weighted by molar-refractivity contribution is 0.132. The van der Waals surface area contributed by atoms with E-state index in [1.807, 2.05) is 6.07 Å². The molecule has 1 aromatic rings. The molecule has 2 nitrogen and oxygen atoms in total. The highest BCUT2D eigenvalue weighted by molar-refractivity contribution is 5.26. The van der Waals surface area contributed by atoms with Crippen molar-refractivity contribution in [2.24, 2.45) is 5.92 Å². The molecule has 0 aliphatic carbocycles. The zero-order chi connectivity index (χ0) is 13.8. The van der Waals surface area contributed by atoms with Gasteiger partial charge in [0.2, 0.25) is 0 Å². The molecule has 2 rings (SSSR count). The topological polar surface area (TPSA) is 15.3 Å². The predicted octanol–water partition coefficient (Wildman–Crippen LogP) is 2.95. The first-order valence-electron chi connectivity index (χ1n) is 7.28. The van der Waals surface area contributed by atoms with Gasteiger partial charge in [0.25, 0.3) is 0 Å². The monoisotopic (exact) mass is 264 g/mol. The van der Waals surface area contributed by atoms with Gasteiger partial charge in [0.05, 0.1) is 0 Å². The van der Waals surface area contributed by atoms with Crippen molar-refractivity contribution >= 4 is 0 Å². The Morgan fingerprint density at radius 1 is 1.42 bits per heavy atom. The van der Waals surface area contributed by atoms with Crippen molar-refractivity contribution in [2.75, 3.05) is 20.1 Å². The van der Waals surface area contributed by atoms with Crippen LogP contribution >= 0.6 is 0 Å². The van der Waals surface area contributed by atoms with Crippen molar-refractivity contribution in [2.45, 2.75) is 39.3 Å². The molecule has 1 saturated heterocycles. The molecule has 106 valence electrons. The average molecular weight is 264 g/mol. The second kappa shape index (κ2) is 6.49. The van der Waals surface area contributed by atoms with E-state index in [1.54, 1.807) is 12.1 Å². The van der Waals surface area contributed by atoms with Gasteiger partial charge < -0.3 is 5.32 Å². The highest BCUT2D eigenvalue weighted by Crippen LogP contribution is 2.22. The molecule has 2 unspecified atom stereocenters. The third kappa shape index (κ3) is 3.54. The number of halogens is 1. The van der Waals surface area contributed by atoms with Crippen LogP contribution in [0.3, 0.4) is 0 Å². The van der Waals surface area contributed by atoms with E-state index in [0.717, 1.165) is 25.2 Å². The number of benzene rings is 1. The van der Waals surface area contributed by atoms with Crippen LogP contribution in [0.5, 0.6) is 0 Å². The lowest BCUT2D eigenvalue weighted by Crippen LogP contribution is -2.47. The molecule has 3 heteroatoms. The summed E-state index contributed by atoms with van der Waals surface area (Å²) >= 11 is 0. The summed E-state index contributed by atoms with van der Waals surface area (Å²) in [6, 6.07) is 5.74. The number of aryl methyl sites for hydroxylation is 1. The normalized spacial score (nSPS) is 24.6. The number of rotatable bonds is 4. The van der Waals surface area contributed by atoms with E-state index in [1.165, 1.54) is 18.4 Å². The molecule has 0 bridgehead atoms. The summed E-state index contributed by atoms with van der Waals surface area (Å²) in [7, 11) is 2.06. The van der Waals surface area contributed by atoms with Crippen LogP contribution in [-0.4, -0.2) is 31.1 Å². The minimum absolute atomic E-state index is 0.127. The summed E-state index contributed by atoms with van der Waals surface area (Å²) in [5.41, 5.74) is 2.31. The molecule has 0 saturated carbocycles. The Labute approximate surface area is 116 Å². The van der Waals surface area contributed by atoms with Crippen molar-refractivity contribution in [3.8, 4) is 0 Å². The van der Waals surface area contributed by atoms with E-state index in [0.29, 0.717) is 12.0 Å². The molecule has 19 heavy (non-hydrogen) atoms. The predicted molar refractivity (Wildman–Crippen MR) is 77.7 cm³/mol. The Hall–Kier alpha value is -0.930. The molecule has 0 aromatic heterocycles. The third-order valence-corrected chi connectivity index (χ3v) is 4.42. The molecular formula is C16H25FN2. The molecule has 0 radical (unpaired) electrons. The quantitative estimate of drug-likeness (QED) is 0.899. The van der Waals surface area contributed by atoms with Crippen LogP contribution in [0.2, 0.25) is 0 Å². The fraction of sp³-hybridized carbons (Fsp3) is 0.625. The molecule has 0 amide bonds. The number of likely N-dealkylation sites (tertiary alicyclic amines) is 1. The lowest BCUT2D eigenvalue weighted by Gasteiger charge is -2.38. The van der Waals surface area contributed by atoms with Gasteiger partial charge in [0, 0.05) is 19.1 Å².